The van der Waals surface area contributed by atoms with E-state index in [-0.39, 0.29) is 0 Å². The van der Waals surface area contributed by atoms with Crippen LogP contribution >= 0.6 is 11.8 Å². The Kier molecular flexibility index (Phi) is 6.09. The van der Waals surface area contributed by atoms with Gasteiger partial charge in [0, 0.05) is 23.4 Å². The monoisotopic (exact) mass is 286 g/mol. The van der Waals surface area contributed by atoms with Gasteiger partial charge in [0.25, 0.3) is 0 Å². The highest BCUT2D eigenvalue weighted by atomic mass is 32.2. The first kappa shape index (κ1) is 15.1. The van der Waals surface area contributed by atoms with Crippen LogP contribution in [0.15, 0.2) is 47.5 Å². The van der Waals surface area contributed by atoms with Crippen LogP contribution in [-0.4, -0.2) is 11.5 Å². The van der Waals surface area contributed by atoms with Crippen LogP contribution in [0.3, 0.4) is 0 Å². The van der Waals surface area contributed by atoms with Crippen molar-refractivity contribution < 1.29 is 0 Å². The molecule has 2 rings (SSSR count). The number of aromatic nitrogens is 1. The molecule has 1 N–H and O–H groups in total. The Balaban J connectivity index is 1.93. The molecule has 0 aliphatic carbocycles. The van der Waals surface area contributed by atoms with Gasteiger partial charge in [-0.3, -0.25) is 4.98 Å². The van der Waals surface area contributed by atoms with Crippen molar-refractivity contribution in [1.29, 1.82) is 0 Å². The van der Waals surface area contributed by atoms with E-state index in [2.05, 4.69) is 54.5 Å². The Labute approximate surface area is 126 Å². The Morgan fingerprint density at radius 2 is 2.10 bits per heavy atom. The molecule has 1 heterocycles. The lowest BCUT2D eigenvalue weighted by Gasteiger charge is -2.07. The average Bonchev–Trinajstić information content (AvgIpc) is 2.47. The Hall–Kier alpha value is -1.32. The lowest BCUT2D eigenvalue weighted by atomic mass is 10.2. The van der Waals surface area contributed by atoms with Gasteiger partial charge in [-0.05, 0) is 49.2 Å². The second-order valence-corrected chi connectivity index (χ2v) is 5.93. The summed E-state index contributed by atoms with van der Waals surface area (Å²) in [5.74, 6) is 0.929. The number of pyridine rings is 1. The lowest BCUT2D eigenvalue weighted by molar-refractivity contribution is 0.674. The van der Waals surface area contributed by atoms with Gasteiger partial charge in [0.1, 0.15) is 0 Å². The van der Waals surface area contributed by atoms with Crippen molar-refractivity contribution >= 4 is 11.8 Å². The van der Waals surface area contributed by atoms with Crippen molar-refractivity contribution in [2.45, 2.75) is 37.5 Å². The van der Waals surface area contributed by atoms with Crippen molar-refractivity contribution in [1.82, 2.24) is 10.3 Å². The summed E-state index contributed by atoms with van der Waals surface area (Å²) in [5.41, 5.74) is 3.79. The molecule has 0 aliphatic rings. The smallest absolute Gasteiger partial charge is 0.0535 e. The minimum atomic E-state index is 0.929. The normalized spacial score (nSPS) is 10.7. The van der Waals surface area contributed by atoms with Crippen molar-refractivity contribution in [2.24, 2.45) is 0 Å². The largest absolute Gasteiger partial charge is 0.313 e. The summed E-state index contributed by atoms with van der Waals surface area (Å²) in [6, 6.07) is 12.9. The summed E-state index contributed by atoms with van der Waals surface area (Å²) in [4.78, 5) is 5.75. The van der Waals surface area contributed by atoms with E-state index in [1.165, 1.54) is 28.1 Å². The molecule has 0 fully saturated rings. The SMILES string of the molecule is CCCNCc1cccc(SCc2ncccc2C)c1. The standard InChI is InChI=1S/C17H22N2S/c1-3-9-18-12-15-7-4-8-16(11-15)20-13-17-14(2)6-5-10-19-17/h4-8,10-11,18H,3,9,12-13H2,1-2H3. The molecule has 0 amide bonds. The summed E-state index contributed by atoms with van der Waals surface area (Å²) in [6.07, 6.45) is 3.04. The van der Waals surface area contributed by atoms with Gasteiger partial charge in [0.15, 0.2) is 0 Å². The number of hydrogen-bond donors (Lipinski definition) is 1. The topological polar surface area (TPSA) is 24.9 Å². The van der Waals surface area contributed by atoms with Crippen LogP contribution in [0.5, 0.6) is 0 Å². The highest BCUT2D eigenvalue weighted by molar-refractivity contribution is 7.98. The predicted octanol–water partition coefficient (Wildman–Crippen LogP) is 4.18. The van der Waals surface area contributed by atoms with Crippen LogP contribution < -0.4 is 5.32 Å². The quantitative estimate of drug-likeness (QED) is 0.610. The second kappa shape index (κ2) is 8.08. The molecule has 0 atom stereocenters. The van der Waals surface area contributed by atoms with Gasteiger partial charge in [-0.1, -0.05) is 25.1 Å². The summed E-state index contributed by atoms with van der Waals surface area (Å²) in [7, 11) is 0. The maximum atomic E-state index is 4.44. The molecule has 2 nitrogen and oxygen atoms in total. The lowest BCUT2D eigenvalue weighted by Crippen LogP contribution is -2.13. The second-order valence-electron chi connectivity index (χ2n) is 4.88. The summed E-state index contributed by atoms with van der Waals surface area (Å²) in [6.45, 7) is 6.33. The molecule has 0 unspecified atom stereocenters. The van der Waals surface area contributed by atoms with E-state index in [9.17, 15) is 0 Å². The van der Waals surface area contributed by atoms with Crippen LogP contribution in [0.4, 0.5) is 0 Å². The zero-order valence-electron chi connectivity index (χ0n) is 12.2. The molecule has 0 saturated heterocycles. The third-order valence-electron chi connectivity index (χ3n) is 3.15. The highest BCUT2D eigenvalue weighted by Crippen LogP contribution is 2.24. The van der Waals surface area contributed by atoms with Gasteiger partial charge in [-0.2, -0.15) is 0 Å². The van der Waals surface area contributed by atoms with Gasteiger partial charge in [-0.25, -0.2) is 0 Å². The molecule has 106 valence electrons. The first-order chi connectivity index (χ1) is 9.79. The van der Waals surface area contributed by atoms with Gasteiger partial charge in [-0.15, -0.1) is 11.8 Å². The number of benzene rings is 1. The van der Waals surface area contributed by atoms with E-state index in [1.54, 1.807) is 0 Å². The molecule has 0 saturated carbocycles. The number of nitrogens with one attached hydrogen (secondary N) is 1. The molecule has 20 heavy (non-hydrogen) atoms. The van der Waals surface area contributed by atoms with Crippen molar-refractivity contribution in [3.8, 4) is 0 Å². The Morgan fingerprint density at radius 1 is 1.20 bits per heavy atom. The third-order valence-corrected chi connectivity index (χ3v) is 4.15. The first-order valence-electron chi connectivity index (χ1n) is 7.12. The van der Waals surface area contributed by atoms with E-state index < -0.39 is 0 Å². The zero-order valence-corrected chi connectivity index (χ0v) is 13.0. The molecule has 0 aliphatic heterocycles. The number of nitrogens with zero attached hydrogens (tertiary/aromatic N) is 1. The van der Waals surface area contributed by atoms with E-state index in [0.717, 1.165) is 18.8 Å². The molecule has 1 aromatic heterocycles. The summed E-state index contributed by atoms with van der Waals surface area (Å²) in [5, 5.41) is 3.44. The van der Waals surface area contributed by atoms with Crippen molar-refractivity contribution in [2.75, 3.05) is 6.54 Å². The van der Waals surface area contributed by atoms with Gasteiger partial charge >= 0.3 is 0 Å². The first-order valence-corrected chi connectivity index (χ1v) is 8.11. The molecule has 3 heteroatoms. The number of thioether (sulfide) groups is 1. The van der Waals surface area contributed by atoms with Crippen LogP contribution in [0, 0.1) is 6.92 Å². The third kappa shape index (κ3) is 4.66. The van der Waals surface area contributed by atoms with Gasteiger partial charge in [0.2, 0.25) is 0 Å². The Morgan fingerprint density at radius 3 is 2.90 bits per heavy atom. The van der Waals surface area contributed by atoms with Crippen LogP contribution in [-0.2, 0) is 12.3 Å². The maximum absolute atomic E-state index is 4.44. The van der Waals surface area contributed by atoms with Crippen molar-refractivity contribution in [3.63, 3.8) is 0 Å². The molecular weight excluding hydrogens is 264 g/mol. The fourth-order valence-corrected chi connectivity index (χ4v) is 2.99. The minimum Gasteiger partial charge on any atom is -0.313 e. The van der Waals surface area contributed by atoms with Crippen LogP contribution in [0.1, 0.15) is 30.2 Å². The zero-order chi connectivity index (χ0) is 14.2. The molecular formula is C17H22N2S. The van der Waals surface area contributed by atoms with Crippen molar-refractivity contribution in [3.05, 3.63) is 59.4 Å². The van der Waals surface area contributed by atoms with Gasteiger partial charge in [0.05, 0.1) is 5.69 Å². The number of hydrogen-bond acceptors (Lipinski definition) is 3. The molecule has 0 radical (unpaired) electrons. The van der Waals surface area contributed by atoms with Crippen LogP contribution in [0.2, 0.25) is 0 Å². The minimum absolute atomic E-state index is 0.929. The highest BCUT2D eigenvalue weighted by Gasteiger charge is 2.01. The fourth-order valence-electron chi connectivity index (χ4n) is 1.98. The fraction of sp³-hybridized carbons (Fsp3) is 0.353. The molecule has 2 aromatic rings. The summed E-state index contributed by atoms with van der Waals surface area (Å²) >= 11 is 1.85. The number of rotatable bonds is 7. The van der Waals surface area contributed by atoms with Crippen LogP contribution in [0.25, 0.3) is 0 Å². The van der Waals surface area contributed by atoms with E-state index in [1.807, 2.05) is 24.0 Å². The Bertz CT molecular complexity index is 540. The van der Waals surface area contributed by atoms with E-state index in [4.69, 9.17) is 0 Å². The molecule has 0 spiro atoms. The maximum Gasteiger partial charge on any atom is 0.0535 e. The predicted molar refractivity (Wildman–Crippen MR) is 87.0 cm³/mol. The molecule has 0 bridgehead atoms. The summed E-state index contributed by atoms with van der Waals surface area (Å²) < 4.78 is 0. The number of aryl methyl sites for hydroxylation is 1. The van der Waals surface area contributed by atoms with E-state index in [0.29, 0.717) is 0 Å². The average molecular weight is 286 g/mol. The van der Waals surface area contributed by atoms with Gasteiger partial charge < -0.3 is 5.32 Å². The van der Waals surface area contributed by atoms with E-state index >= 15 is 0 Å². The molecule has 1 aromatic carbocycles.